The number of ether oxygens (including phenoxy) is 1. The van der Waals surface area contributed by atoms with Crippen LogP contribution >= 0.6 is 23.1 Å². The first-order valence-corrected chi connectivity index (χ1v) is 9.82. The first-order chi connectivity index (χ1) is 13.0. The largest absolute Gasteiger partial charge is 0.495 e. The maximum atomic E-state index is 13.8. The number of hydrogen-bond acceptors (Lipinski definition) is 5. The lowest BCUT2D eigenvalue weighted by molar-refractivity contribution is -0.115. The van der Waals surface area contributed by atoms with Crippen molar-refractivity contribution in [3.63, 3.8) is 0 Å². The topological polar surface area (TPSA) is 42.4 Å². The van der Waals surface area contributed by atoms with E-state index in [-0.39, 0.29) is 5.91 Å². The molecule has 0 N–H and O–H groups in total. The highest BCUT2D eigenvalue weighted by molar-refractivity contribution is 7.98. The van der Waals surface area contributed by atoms with Gasteiger partial charge in [0.2, 0.25) is 5.91 Å². The molecule has 3 rings (SSSR count). The Kier molecular flexibility index (Phi) is 6.08. The molecule has 0 radical (unpaired) electrons. The molecule has 0 bridgehead atoms. The van der Waals surface area contributed by atoms with Crippen LogP contribution in [0.15, 0.2) is 52.7 Å². The highest BCUT2D eigenvalue weighted by atomic mass is 32.2. The van der Waals surface area contributed by atoms with Crippen molar-refractivity contribution in [1.82, 2.24) is 4.98 Å². The number of thioether (sulfide) groups is 1. The Morgan fingerprint density at radius 1 is 1.26 bits per heavy atom. The number of carbonyl (C=O) groups excluding carboxylic acids is 1. The van der Waals surface area contributed by atoms with E-state index in [0.29, 0.717) is 32.9 Å². The van der Waals surface area contributed by atoms with Gasteiger partial charge in [-0.3, -0.25) is 9.69 Å². The van der Waals surface area contributed by atoms with Gasteiger partial charge in [-0.05, 0) is 24.3 Å². The number of nitrogens with zero attached hydrogens (tertiary/aromatic N) is 2. The summed E-state index contributed by atoms with van der Waals surface area (Å²) in [5.74, 6) is -0.446. The van der Waals surface area contributed by atoms with E-state index in [2.05, 4.69) is 4.98 Å². The number of para-hydroxylation sites is 2. The number of carbonyl (C=O) groups is 1. The predicted octanol–water partition coefficient (Wildman–Crippen LogP) is 5.41. The van der Waals surface area contributed by atoms with Gasteiger partial charge in [-0.1, -0.05) is 12.1 Å². The number of halogens is 2. The zero-order chi connectivity index (χ0) is 19.4. The van der Waals surface area contributed by atoms with Gasteiger partial charge in [-0.2, -0.15) is 0 Å². The monoisotopic (exact) mass is 406 g/mol. The summed E-state index contributed by atoms with van der Waals surface area (Å²) in [5.41, 5.74) is 1.30. The van der Waals surface area contributed by atoms with Gasteiger partial charge in [0.25, 0.3) is 0 Å². The fraction of sp³-hybridized carbons (Fsp3) is 0.158. The number of anilines is 2. The molecule has 0 saturated carbocycles. The van der Waals surface area contributed by atoms with Crippen molar-refractivity contribution in [2.75, 3.05) is 12.0 Å². The summed E-state index contributed by atoms with van der Waals surface area (Å²) in [4.78, 5) is 18.6. The molecular weight excluding hydrogens is 390 g/mol. The summed E-state index contributed by atoms with van der Waals surface area (Å²) in [5, 5.41) is 2.32. The molecule has 1 heterocycles. The van der Waals surface area contributed by atoms with Crippen molar-refractivity contribution < 1.29 is 18.3 Å². The molecule has 140 valence electrons. The third-order valence-corrected chi connectivity index (χ3v) is 5.60. The highest BCUT2D eigenvalue weighted by Crippen LogP contribution is 2.36. The van der Waals surface area contributed by atoms with E-state index in [9.17, 15) is 13.6 Å². The molecule has 0 saturated heterocycles. The maximum absolute atomic E-state index is 13.8. The van der Waals surface area contributed by atoms with E-state index in [1.165, 1.54) is 54.2 Å². The van der Waals surface area contributed by atoms with Crippen molar-refractivity contribution in [3.05, 3.63) is 65.2 Å². The molecule has 0 atom stereocenters. The summed E-state index contributed by atoms with van der Waals surface area (Å²) >= 11 is 2.53. The Hall–Kier alpha value is -2.45. The van der Waals surface area contributed by atoms with Gasteiger partial charge in [0, 0.05) is 29.0 Å². The Morgan fingerprint density at radius 2 is 2.04 bits per heavy atom. The summed E-state index contributed by atoms with van der Waals surface area (Å²) in [6.45, 7) is 1.45. The molecule has 1 amide bonds. The van der Waals surface area contributed by atoms with Crippen LogP contribution in [-0.2, 0) is 10.5 Å². The quantitative estimate of drug-likeness (QED) is 0.514. The SMILES string of the molecule is COc1ccccc1N(C(C)=O)c1nc(CSc2ccc(F)cc2F)cs1. The Labute approximate surface area is 163 Å². The second-order valence-electron chi connectivity index (χ2n) is 5.51. The fourth-order valence-electron chi connectivity index (χ4n) is 2.43. The molecule has 0 fully saturated rings. The van der Waals surface area contributed by atoms with E-state index in [4.69, 9.17) is 4.74 Å². The van der Waals surface area contributed by atoms with Crippen LogP contribution in [0.3, 0.4) is 0 Å². The number of aromatic nitrogens is 1. The average molecular weight is 406 g/mol. The molecule has 0 aliphatic heterocycles. The van der Waals surface area contributed by atoms with Crippen LogP contribution in [-0.4, -0.2) is 18.0 Å². The van der Waals surface area contributed by atoms with Gasteiger partial charge in [-0.15, -0.1) is 23.1 Å². The summed E-state index contributed by atoms with van der Waals surface area (Å²) in [7, 11) is 1.54. The van der Waals surface area contributed by atoms with Crippen LogP contribution in [0.5, 0.6) is 5.75 Å². The van der Waals surface area contributed by atoms with E-state index < -0.39 is 11.6 Å². The molecule has 27 heavy (non-hydrogen) atoms. The lowest BCUT2D eigenvalue weighted by Crippen LogP contribution is -2.23. The van der Waals surface area contributed by atoms with Crippen LogP contribution < -0.4 is 9.64 Å². The van der Waals surface area contributed by atoms with Gasteiger partial charge in [0.15, 0.2) is 5.13 Å². The summed E-state index contributed by atoms with van der Waals surface area (Å²) in [6.07, 6.45) is 0. The summed E-state index contributed by atoms with van der Waals surface area (Å²) < 4.78 is 32.1. The molecule has 0 aliphatic carbocycles. The number of rotatable bonds is 6. The number of thiazole rings is 1. The van der Waals surface area contributed by atoms with Crippen LogP contribution in [0.2, 0.25) is 0 Å². The standard InChI is InChI=1S/C19H16F2N2O2S2/c1-12(24)23(16-5-3-4-6-17(16)25-2)19-22-14(11-27-19)10-26-18-8-7-13(20)9-15(18)21/h3-9,11H,10H2,1-2H3. The third kappa shape index (κ3) is 4.45. The van der Waals surface area contributed by atoms with Gasteiger partial charge in [0.05, 0.1) is 18.5 Å². The molecule has 0 unspecified atom stereocenters. The smallest absolute Gasteiger partial charge is 0.230 e. The molecule has 0 aliphatic rings. The molecule has 0 spiro atoms. The molecular formula is C19H16F2N2O2S2. The Morgan fingerprint density at radius 3 is 2.74 bits per heavy atom. The molecule has 4 nitrogen and oxygen atoms in total. The second-order valence-corrected chi connectivity index (χ2v) is 7.36. The van der Waals surface area contributed by atoms with Crippen molar-refractivity contribution in [3.8, 4) is 5.75 Å². The van der Waals surface area contributed by atoms with E-state index in [1.807, 2.05) is 17.5 Å². The second kappa shape index (κ2) is 8.49. The number of methoxy groups -OCH3 is 1. The molecule has 1 aromatic heterocycles. The molecule has 8 heteroatoms. The van der Waals surface area contributed by atoms with E-state index in [1.54, 1.807) is 12.1 Å². The average Bonchev–Trinajstić information content (AvgIpc) is 3.09. The van der Waals surface area contributed by atoms with Gasteiger partial charge < -0.3 is 4.74 Å². The maximum Gasteiger partial charge on any atom is 0.230 e. The van der Waals surface area contributed by atoms with Gasteiger partial charge >= 0.3 is 0 Å². The Balaban J connectivity index is 1.81. The number of hydrogen-bond donors (Lipinski definition) is 0. The minimum Gasteiger partial charge on any atom is -0.495 e. The normalized spacial score (nSPS) is 10.7. The number of benzene rings is 2. The zero-order valence-electron chi connectivity index (χ0n) is 14.6. The van der Waals surface area contributed by atoms with Crippen molar-refractivity contribution in [2.24, 2.45) is 0 Å². The van der Waals surface area contributed by atoms with Crippen LogP contribution in [0.25, 0.3) is 0 Å². The Bertz CT molecular complexity index is 962. The summed E-state index contributed by atoms with van der Waals surface area (Å²) in [6, 6.07) is 10.7. The third-order valence-electron chi connectivity index (χ3n) is 3.64. The molecule has 3 aromatic rings. The zero-order valence-corrected chi connectivity index (χ0v) is 16.2. The fourth-order valence-corrected chi connectivity index (χ4v) is 4.23. The first kappa shape index (κ1) is 19.3. The van der Waals surface area contributed by atoms with Crippen LogP contribution in [0, 0.1) is 11.6 Å². The minimum absolute atomic E-state index is 0.197. The molecule has 2 aromatic carbocycles. The van der Waals surface area contributed by atoms with Crippen molar-refractivity contribution >= 4 is 39.8 Å². The van der Waals surface area contributed by atoms with Crippen molar-refractivity contribution in [2.45, 2.75) is 17.6 Å². The lowest BCUT2D eigenvalue weighted by Gasteiger charge is -2.20. The van der Waals surface area contributed by atoms with Gasteiger partial charge in [-0.25, -0.2) is 13.8 Å². The predicted molar refractivity (Wildman–Crippen MR) is 104 cm³/mol. The minimum atomic E-state index is -0.610. The number of amides is 1. The van der Waals surface area contributed by atoms with Crippen LogP contribution in [0.1, 0.15) is 12.6 Å². The van der Waals surface area contributed by atoms with E-state index in [0.717, 1.165) is 6.07 Å². The van der Waals surface area contributed by atoms with Gasteiger partial charge in [0.1, 0.15) is 17.4 Å². The van der Waals surface area contributed by atoms with Crippen LogP contribution in [0.4, 0.5) is 19.6 Å². The first-order valence-electron chi connectivity index (χ1n) is 7.95. The highest BCUT2D eigenvalue weighted by Gasteiger charge is 2.21. The van der Waals surface area contributed by atoms with E-state index >= 15 is 0 Å². The lowest BCUT2D eigenvalue weighted by atomic mass is 10.2. The van der Waals surface area contributed by atoms with Crippen molar-refractivity contribution in [1.29, 1.82) is 0 Å².